The molecule has 0 unspecified atom stereocenters. The fraction of sp³-hybridized carbons (Fsp3) is 0.440. The summed E-state index contributed by atoms with van der Waals surface area (Å²) in [4.78, 5) is 0. The molecule has 0 heterocycles. The number of phenolic OH excluding ortho intramolecular Hbond substituents is 3. The second kappa shape index (κ2) is 22.5. The lowest BCUT2D eigenvalue weighted by atomic mass is 9.62. The monoisotopic (exact) mass is 1140 g/mol. The molecule has 7 nitrogen and oxygen atoms in total. The first-order valence-corrected chi connectivity index (χ1v) is 31.6. The van der Waals surface area contributed by atoms with E-state index in [-0.39, 0.29) is 52.3 Å². The smallest absolute Gasteiger partial charge is 0.475 e. The number of aromatic hydroxyl groups is 3. The Kier molecular flexibility index (Phi) is 16.7. The molecule has 6 aromatic carbocycles. The van der Waals surface area contributed by atoms with Gasteiger partial charge in [-0.15, -0.1) is 0 Å². The van der Waals surface area contributed by atoms with Crippen molar-refractivity contribution in [3.8, 4) is 17.2 Å². The van der Waals surface area contributed by atoms with E-state index in [1.54, 1.807) is 0 Å². The lowest BCUT2D eigenvalue weighted by molar-refractivity contribution is 0.0978. The Hall–Kier alpha value is -5.95. The molecule has 440 valence electrons. The largest absolute Gasteiger partial charge is 0.507 e. The number of hydrogen-bond acceptors (Lipinski definition) is 7. The Morgan fingerprint density at radius 3 is 0.843 bits per heavy atom. The van der Waals surface area contributed by atoms with Crippen LogP contribution in [0.25, 0.3) is 34.9 Å². The van der Waals surface area contributed by atoms with Crippen molar-refractivity contribution in [2.45, 2.75) is 215 Å². The van der Waals surface area contributed by atoms with Gasteiger partial charge in [-0.05, 0) is 196 Å². The van der Waals surface area contributed by atoms with Crippen LogP contribution < -0.4 is 0 Å². The maximum atomic E-state index is 14.8. The fourth-order valence-electron chi connectivity index (χ4n) is 13.9. The molecule has 0 amide bonds. The number of aryl methyl sites for hydroxylation is 3. The van der Waals surface area contributed by atoms with Crippen LogP contribution in [0.3, 0.4) is 0 Å². The number of phosphoric ester groups is 1. The van der Waals surface area contributed by atoms with E-state index in [9.17, 15) is 19.9 Å². The highest BCUT2D eigenvalue weighted by Crippen LogP contribution is 2.56. The van der Waals surface area contributed by atoms with Gasteiger partial charge in [0.15, 0.2) is 0 Å². The van der Waals surface area contributed by atoms with Crippen LogP contribution in [0.5, 0.6) is 17.2 Å². The molecular weight excluding hydrogens is 1040 g/mol. The van der Waals surface area contributed by atoms with E-state index in [1.165, 1.54) is 16.7 Å². The second-order valence-corrected chi connectivity index (χ2v) is 30.5. The maximum absolute atomic E-state index is 14.8. The molecule has 0 aliphatic heterocycles. The van der Waals surface area contributed by atoms with Crippen molar-refractivity contribution in [1.29, 1.82) is 0 Å². The van der Waals surface area contributed by atoms with Gasteiger partial charge < -0.3 is 15.3 Å². The van der Waals surface area contributed by atoms with E-state index in [0.29, 0.717) is 17.2 Å². The molecule has 0 saturated heterocycles. The van der Waals surface area contributed by atoms with Crippen LogP contribution in [0, 0.1) is 20.8 Å². The van der Waals surface area contributed by atoms with Gasteiger partial charge in [-0.3, -0.25) is 13.6 Å². The van der Waals surface area contributed by atoms with Gasteiger partial charge in [0.05, 0.1) is 19.8 Å². The lowest BCUT2D eigenvalue weighted by Gasteiger charge is -2.43. The topological polar surface area (TPSA) is 105 Å². The predicted octanol–water partition coefficient (Wildman–Crippen LogP) is 20.5. The molecule has 0 aromatic heterocycles. The number of phenols is 3. The quantitative estimate of drug-likeness (QED) is 0.0695. The minimum Gasteiger partial charge on any atom is -0.507 e. The molecule has 3 aliphatic rings. The van der Waals surface area contributed by atoms with E-state index in [0.717, 1.165) is 139 Å². The summed E-state index contributed by atoms with van der Waals surface area (Å²) in [7, 11) is -4.18. The standard InChI is InChI=1S/C75H93O7P/c1-46(61-49(4)40-58-64(67(61)76)73(13,14)34-31-70(58,7)8)37-52-19-25-55(26-20-52)43-80-83(79,81-44-56-27-21-53(22-28-56)38-47(2)62-50(5)41-59-65(68(62)77)74(15,16)35-32-71(59,9)10)82-45-57-29-23-54(24-30-57)39-48(3)63-51(6)42-60-66(69(63)78)75(17,18)36-33-72(60,11)12/h19-30,37-42,76-78H,31-36,43-45H2,1-18H3/b46-37+,47-38+,48-39+. The van der Waals surface area contributed by atoms with E-state index in [4.69, 9.17) is 13.6 Å². The van der Waals surface area contributed by atoms with Crippen molar-refractivity contribution in [2.24, 2.45) is 0 Å². The van der Waals surface area contributed by atoms with Crippen LogP contribution in [0.4, 0.5) is 0 Å². The van der Waals surface area contributed by atoms with Gasteiger partial charge in [-0.25, -0.2) is 4.57 Å². The molecule has 0 radical (unpaired) electrons. The summed E-state index contributed by atoms with van der Waals surface area (Å²) in [6, 6.07) is 30.6. The van der Waals surface area contributed by atoms with Crippen LogP contribution in [-0.4, -0.2) is 15.3 Å². The molecule has 83 heavy (non-hydrogen) atoms. The van der Waals surface area contributed by atoms with Gasteiger partial charge >= 0.3 is 7.82 Å². The minimum atomic E-state index is -4.18. The summed E-state index contributed by atoms with van der Waals surface area (Å²) in [6.07, 6.45) is 12.6. The van der Waals surface area contributed by atoms with Gasteiger partial charge in [0.1, 0.15) is 17.2 Å². The molecule has 0 bridgehead atoms. The van der Waals surface area contributed by atoms with Crippen molar-refractivity contribution in [1.82, 2.24) is 0 Å². The molecule has 0 atom stereocenters. The first kappa shape index (κ1) is 61.6. The van der Waals surface area contributed by atoms with E-state index in [2.05, 4.69) is 161 Å². The van der Waals surface area contributed by atoms with Crippen LogP contribution in [0.15, 0.2) is 91.0 Å². The average Bonchev–Trinajstić information content (AvgIpc) is 1.11. The van der Waals surface area contributed by atoms with Gasteiger partial charge in [-0.1, -0.05) is 192 Å². The van der Waals surface area contributed by atoms with Gasteiger partial charge in [0, 0.05) is 33.4 Å². The number of phosphoric acid groups is 1. The number of fused-ring (bicyclic) bond motifs is 3. The average molecular weight is 1140 g/mol. The Labute approximate surface area is 497 Å². The van der Waals surface area contributed by atoms with Gasteiger partial charge in [-0.2, -0.15) is 0 Å². The minimum absolute atomic E-state index is 0.0106. The Morgan fingerprint density at radius 2 is 0.614 bits per heavy atom. The second-order valence-electron chi connectivity index (χ2n) is 28.8. The molecule has 0 spiro atoms. The van der Waals surface area contributed by atoms with Crippen molar-refractivity contribution >= 4 is 42.8 Å². The zero-order chi connectivity index (χ0) is 60.6. The van der Waals surface area contributed by atoms with Crippen LogP contribution in [0.2, 0.25) is 0 Å². The van der Waals surface area contributed by atoms with Crippen LogP contribution in [0.1, 0.15) is 243 Å². The summed E-state index contributed by atoms with van der Waals surface area (Å²) in [5.74, 6) is 1.15. The highest BCUT2D eigenvalue weighted by molar-refractivity contribution is 7.48. The molecule has 6 aromatic rings. The zero-order valence-corrected chi connectivity index (χ0v) is 54.1. The number of benzene rings is 6. The summed E-state index contributed by atoms with van der Waals surface area (Å²) < 4.78 is 33.4. The zero-order valence-electron chi connectivity index (χ0n) is 53.2. The van der Waals surface area contributed by atoms with E-state index in [1.807, 2.05) is 72.8 Å². The third-order valence-electron chi connectivity index (χ3n) is 19.3. The summed E-state index contributed by atoms with van der Waals surface area (Å²) >= 11 is 0. The predicted molar refractivity (Wildman–Crippen MR) is 346 cm³/mol. The third kappa shape index (κ3) is 12.4. The molecular formula is C75H93O7P. The van der Waals surface area contributed by atoms with Crippen LogP contribution >= 0.6 is 7.82 Å². The number of allylic oxidation sites excluding steroid dienone is 3. The molecule has 0 saturated carbocycles. The Balaban J connectivity index is 0.937. The first-order valence-electron chi connectivity index (χ1n) is 30.1. The van der Waals surface area contributed by atoms with Crippen LogP contribution in [-0.2, 0) is 70.4 Å². The number of hydrogen-bond donors (Lipinski definition) is 3. The normalized spacial score (nSPS) is 18.7. The molecule has 9 rings (SSSR count). The molecule has 3 aliphatic carbocycles. The first-order chi connectivity index (χ1) is 38.6. The van der Waals surface area contributed by atoms with Gasteiger partial charge in [0.2, 0.25) is 0 Å². The van der Waals surface area contributed by atoms with Crippen molar-refractivity contribution < 1.29 is 33.5 Å². The van der Waals surface area contributed by atoms with Crippen molar-refractivity contribution in [2.75, 3.05) is 0 Å². The summed E-state index contributed by atoms with van der Waals surface area (Å²) in [5, 5.41) is 35.8. The highest BCUT2D eigenvalue weighted by Gasteiger charge is 2.43. The Morgan fingerprint density at radius 1 is 0.398 bits per heavy atom. The third-order valence-corrected chi connectivity index (χ3v) is 20.6. The maximum Gasteiger partial charge on any atom is 0.475 e. The summed E-state index contributed by atoms with van der Waals surface area (Å²) in [6.45, 7) is 39.5. The molecule has 8 heteroatoms. The lowest BCUT2D eigenvalue weighted by Crippen LogP contribution is -2.34. The van der Waals surface area contributed by atoms with Crippen molar-refractivity contribution in [3.63, 3.8) is 0 Å². The SMILES string of the molecule is C/C(=C\c1ccc(COP(=O)(OCc2ccc(/C=C(\C)c3c(C)cc4c(c3O)C(C)(C)CCC4(C)C)cc2)OCc2ccc(/C=C(\C)c3c(C)cc4c(c3O)C(C)(C)CCC4(C)C)cc2)cc1)c1c(C)cc2c(c1O)C(C)(C)CCC2(C)C. The Bertz CT molecular complexity index is 3240. The fourth-order valence-corrected chi connectivity index (χ4v) is 15.0. The van der Waals surface area contributed by atoms with Gasteiger partial charge in [0.25, 0.3) is 0 Å². The van der Waals surface area contributed by atoms with Crippen molar-refractivity contribution in [3.05, 3.63) is 191 Å². The van der Waals surface area contributed by atoms with E-state index >= 15 is 0 Å². The molecule has 3 N–H and O–H groups in total. The molecule has 0 fully saturated rings. The number of rotatable bonds is 15. The highest BCUT2D eigenvalue weighted by atomic mass is 31.2. The van der Waals surface area contributed by atoms with E-state index < -0.39 is 7.82 Å². The summed E-state index contributed by atoms with van der Waals surface area (Å²) in [5.41, 5.74) is 20.5.